The summed E-state index contributed by atoms with van der Waals surface area (Å²) in [5.41, 5.74) is 5.95. The maximum absolute atomic E-state index is 6.35. The number of nitrogens with zero attached hydrogens (tertiary/aromatic N) is 4. The van der Waals surface area contributed by atoms with Crippen LogP contribution in [0.4, 0.5) is 0 Å². The summed E-state index contributed by atoms with van der Waals surface area (Å²) in [6.45, 7) is 0.724. The van der Waals surface area contributed by atoms with Crippen molar-refractivity contribution in [2.75, 3.05) is 0 Å². The summed E-state index contributed by atoms with van der Waals surface area (Å²) < 4.78 is 10.6. The van der Waals surface area contributed by atoms with Crippen molar-refractivity contribution in [2.24, 2.45) is 0 Å². The zero-order valence-electron chi connectivity index (χ0n) is 13.3. The van der Waals surface area contributed by atoms with Crippen LogP contribution in [-0.2, 0) is 6.54 Å². The third kappa shape index (κ3) is 1.59. The number of hydrogen-bond donors (Lipinski definition) is 0. The van der Waals surface area contributed by atoms with E-state index in [1.54, 1.807) is 0 Å². The molecule has 5 nitrogen and oxygen atoms in total. The van der Waals surface area contributed by atoms with E-state index in [0.717, 1.165) is 51.6 Å². The molecule has 0 atom stereocenters. The second-order valence-electron chi connectivity index (χ2n) is 6.19. The Hall–Kier alpha value is -3.47. The van der Waals surface area contributed by atoms with Crippen LogP contribution >= 0.6 is 0 Å². The lowest BCUT2D eigenvalue weighted by Crippen LogP contribution is -2.30. The fraction of sp³-hybridized carbons (Fsp3) is 0.0500. The van der Waals surface area contributed by atoms with Crippen molar-refractivity contribution in [2.45, 2.75) is 6.54 Å². The van der Waals surface area contributed by atoms with Gasteiger partial charge in [0.1, 0.15) is 11.3 Å². The van der Waals surface area contributed by atoms with Gasteiger partial charge in [-0.15, -0.1) is 4.57 Å². The smallest absolute Gasteiger partial charge is 0.380 e. The Morgan fingerprint density at radius 3 is 2.68 bits per heavy atom. The molecule has 6 rings (SSSR count). The zero-order valence-corrected chi connectivity index (χ0v) is 13.3. The fourth-order valence-corrected chi connectivity index (χ4v) is 3.76. The van der Waals surface area contributed by atoms with Gasteiger partial charge in [0.2, 0.25) is 0 Å². The van der Waals surface area contributed by atoms with Crippen LogP contribution in [0.3, 0.4) is 0 Å². The van der Waals surface area contributed by atoms with Crippen molar-refractivity contribution >= 4 is 22.3 Å². The highest BCUT2D eigenvalue weighted by Crippen LogP contribution is 2.35. The number of aromatic nitrogens is 4. The van der Waals surface area contributed by atoms with Crippen LogP contribution in [-0.4, -0.2) is 14.5 Å². The minimum atomic E-state index is 0.724. The van der Waals surface area contributed by atoms with Gasteiger partial charge in [0, 0.05) is 12.4 Å². The van der Waals surface area contributed by atoms with E-state index in [0.29, 0.717) is 0 Å². The van der Waals surface area contributed by atoms with Crippen LogP contribution in [0.25, 0.3) is 39.4 Å². The Kier molecular flexibility index (Phi) is 2.34. The SMILES string of the molecule is c1ccc(-n2c3ncccc3c3c2oc2[n+]3Cc3ncccc3-2)cc1. The van der Waals surface area contributed by atoms with Gasteiger partial charge in [-0.3, -0.25) is 9.55 Å². The lowest BCUT2D eigenvalue weighted by molar-refractivity contribution is -0.649. The van der Waals surface area contributed by atoms with E-state index < -0.39 is 0 Å². The lowest BCUT2D eigenvalue weighted by Gasteiger charge is -2.03. The molecular weight excluding hydrogens is 312 g/mol. The highest BCUT2D eigenvalue weighted by Gasteiger charge is 2.38. The molecule has 118 valence electrons. The van der Waals surface area contributed by atoms with Gasteiger partial charge in [-0.1, -0.05) is 18.2 Å². The summed E-state index contributed by atoms with van der Waals surface area (Å²) in [4.78, 5) is 9.11. The second kappa shape index (κ2) is 4.54. The van der Waals surface area contributed by atoms with Crippen molar-refractivity contribution in [3.8, 4) is 17.1 Å². The van der Waals surface area contributed by atoms with Crippen LogP contribution in [0.15, 0.2) is 71.4 Å². The quantitative estimate of drug-likeness (QED) is 0.435. The molecule has 1 aromatic carbocycles. The molecule has 0 unspecified atom stereocenters. The van der Waals surface area contributed by atoms with Crippen molar-refractivity contribution < 1.29 is 8.98 Å². The van der Waals surface area contributed by atoms with Crippen LogP contribution in [0.2, 0.25) is 0 Å². The molecule has 0 radical (unpaired) electrons. The molecule has 0 spiro atoms. The predicted molar refractivity (Wildman–Crippen MR) is 93.4 cm³/mol. The average molecular weight is 325 g/mol. The molecule has 1 aliphatic rings. The molecular formula is C20H13N4O+. The number of para-hydroxylation sites is 1. The molecule has 0 saturated heterocycles. The molecule has 5 heterocycles. The Balaban J connectivity index is 1.78. The lowest BCUT2D eigenvalue weighted by atomic mass is 10.2. The minimum Gasteiger partial charge on any atom is -0.380 e. The van der Waals surface area contributed by atoms with Crippen molar-refractivity contribution in [1.29, 1.82) is 0 Å². The summed E-state index contributed by atoms with van der Waals surface area (Å²) in [7, 11) is 0. The first-order valence-electron chi connectivity index (χ1n) is 8.23. The molecule has 0 fully saturated rings. The second-order valence-corrected chi connectivity index (χ2v) is 6.19. The summed E-state index contributed by atoms with van der Waals surface area (Å²) in [6, 6.07) is 18.3. The minimum absolute atomic E-state index is 0.724. The van der Waals surface area contributed by atoms with Crippen LogP contribution in [0, 0.1) is 0 Å². The van der Waals surface area contributed by atoms with Gasteiger partial charge in [0.05, 0.1) is 11.1 Å². The van der Waals surface area contributed by atoms with E-state index in [2.05, 4.69) is 43.4 Å². The van der Waals surface area contributed by atoms with Crippen LogP contribution in [0.5, 0.6) is 0 Å². The maximum atomic E-state index is 6.35. The standard InChI is InChI=1S/C20H13N4O/c1-2-6-13(7-3-1)24-18-15(9-5-11-22-18)17-20(24)25-19-14-8-4-10-21-16(14)12-23(17)19/h1-11H,12H2/q+1. The summed E-state index contributed by atoms with van der Waals surface area (Å²) in [5, 5.41) is 1.09. The van der Waals surface area contributed by atoms with E-state index in [4.69, 9.17) is 4.42 Å². The van der Waals surface area contributed by atoms with Crippen molar-refractivity contribution in [3.05, 3.63) is 72.7 Å². The molecule has 1 aliphatic heterocycles. The number of fused-ring (bicyclic) bond motifs is 7. The Labute approximate surface area is 142 Å². The van der Waals surface area contributed by atoms with Gasteiger partial charge in [0.25, 0.3) is 11.2 Å². The molecule has 5 heteroatoms. The van der Waals surface area contributed by atoms with Crippen LogP contribution < -0.4 is 4.57 Å². The Morgan fingerprint density at radius 2 is 1.76 bits per heavy atom. The van der Waals surface area contributed by atoms with Gasteiger partial charge in [0.15, 0.2) is 12.2 Å². The maximum Gasteiger partial charge on any atom is 0.385 e. The van der Waals surface area contributed by atoms with Crippen LogP contribution in [0.1, 0.15) is 5.69 Å². The number of oxazole rings is 1. The molecule has 0 aliphatic carbocycles. The first-order chi connectivity index (χ1) is 12.4. The average Bonchev–Trinajstić information content (AvgIpc) is 3.29. The van der Waals surface area contributed by atoms with E-state index >= 15 is 0 Å². The van der Waals surface area contributed by atoms with Crippen molar-refractivity contribution in [1.82, 2.24) is 14.5 Å². The van der Waals surface area contributed by atoms with E-state index in [9.17, 15) is 0 Å². The fourth-order valence-electron chi connectivity index (χ4n) is 3.76. The zero-order chi connectivity index (χ0) is 16.4. The van der Waals surface area contributed by atoms with Crippen molar-refractivity contribution in [3.63, 3.8) is 0 Å². The number of benzene rings is 1. The van der Waals surface area contributed by atoms with Gasteiger partial charge in [-0.2, -0.15) is 0 Å². The molecule has 25 heavy (non-hydrogen) atoms. The molecule has 4 aromatic heterocycles. The first-order valence-corrected chi connectivity index (χ1v) is 8.23. The van der Waals surface area contributed by atoms with E-state index in [1.807, 2.05) is 42.7 Å². The topological polar surface area (TPSA) is 47.7 Å². The number of rotatable bonds is 1. The normalized spacial score (nSPS) is 12.6. The van der Waals surface area contributed by atoms with Gasteiger partial charge in [-0.05, 0) is 36.4 Å². The monoisotopic (exact) mass is 325 g/mol. The van der Waals surface area contributed by atoms with Gasteiger partial charge >= 0.3 is 5.89 Å². The molecule has 0 saturated carbocycles. The van der Waals surface area contributed by atoms with E-state index in [-0.39, 0.29) is 0 Å². The number of pyridine rings is 2. The molecule has 0 amide bonds. The summed E-state index contributed by atoms with van der Waals surface area (Å²) in [6.07, 6.45) is 3.65. The summed E-state index contributed by atoms with van der Waals surface area (Å²) >= 11 is 0. The third-order valence-corrected chi connectivity index (χ3v) is 4.81. The largest absolute Gasteiger partial charge is 0.385 e. The molecule has 5 aromatic rings. The highest BCUT2D eigenvalue weighted by molar-refractivity contribution is 6.02. The third-order valence-electron chi connectivity index (χ3n) is 4.81. The molecule has 0 bridgehead atoms. The Bertz CT molecular complexity index is 1270. The predicted octanol–water partition coefficient (Wildman–Crippen LogP) is 3.48. The first kappa shape index (κ1) is 12.9. The highest BCUT2D eigenvalue weighted by atomic mass is 16.4. The van der Waals surface area contributed by atoms with Gasteiger partial charge in [-0.25, -0.2) is 4.98 Å². The molecule has 0 N–H and O–H groups in total. The Morgan fingerprint density at radius 1 is 0.920 bits per heavy atom. The summed E-state index contributed by atoms with van der Waals surface area (Å²) in [5.74, 6) is 0.864. The number of hydrogen-bond acceptors (Lipinski definition) is 3. The van der Waals surface area contributed by atoms with E-state index in [1.165, 1.54) is 0 Å². The van der Waals surface area contributed by atoms with Gasteiger partial charge < -0.3 is 4.42 Å².